The van der Waals surface area contributed by atoms with Crippen molar-refractivity contribution in [3.63, 3.8) is 0 Å². The number of rotatable bonds is 12. The molecule has 7 rings (SSSR count). The van der Waals surface area contributed by atoms with E-state index in [2.05, 4.69) is 168 Å². The maximum atomic E-state index is 13.9. The maximum Gasteiger partial charge on any atom is 0.414 e. The van der Waals surface area contributed by atoms with E-state index in [4.69, 9.17) is 4.74 Å². The van der Waals surface area contributed by atoms with E-state index < -0.39 is 5.60 Å². The molecule has 7 heteroatoms. The summed E-state index contributed by atoms with van der Waals surface area (Å²) in [5, 5.41) is 5.10. The zero-order chi connectivity index (χ0) is 43.1. The number of anilines is 1. The molecule has 4 aromatic rings. The Morgan fingerprint density at radius 3 is 2.08 bits per heavy atom. The molecular formula is C53H64Br2N3O2+. The van der Waals surface area contributed by atoms with Crippen LogP contribution in [-0.4, -0.2) is 47.0 Å². The van der Waals surface area contributed by atoms with Gasteiger partial charge in [-0.2, -0.15) is 4.58 Å². The number of likely N-dealkylation sites (N-methyl/N-ethyl adjacent to an activating group) is 1. The second kappa shape index (κ2) is 17.4. The Labute approximate surface area is 376 Å². The minimum atomic E-state index is -0.615. The number of unbranched alkanes of at least 4 members (excludes halogenated alkanes) is 4. The number of benzene rings is 4. The Kier molecular flexibility index (Phi) is 12.8. The van der Waals surface area contributed by atoms with Crippen molar-refractivity contribution < 1.29 is 14.1 Å². The Morgan fingerprint density at radius 1 is 0.800 bits per heavy atom. The second-order valence-corrected chi connectivity index (χ2v) is 20.8. The van der Waals surface area contributed by atoms with E-state index in [0.717, 1.165) is 64.6 Å². The standard InChI is InChI=1S/C53H64Br2N3O2/c1-11-13-15-31-57-43-27-19-37-33-39(54)23-25-41(37)47(43)52(6,7)45(57)29-21-35-17-18-36(49(35)56(10)50(59)60-51(3,4)5)22-30-46-53(8,9)48-42-26-24-40(55)34-38(42)20-28-44(48)58(46)32-16-14-12-2/h19-30,33-34H,11-18,31-32H2,1-10H3/q+1. The first kappa shape index (κ1) is 44.1. The number of halogens is 2. The molecule has 0 N–H and O–H groups in total. The first-order chi connectivity index (χ1) is 28.5. The van der Waals surface area contributed by atoms with Crippen LogP contribution in [0.1, 0.15) is 125 Å². The summed E-state index contributed by atoms with van der Waals surface area (Å²) in [6.45, 7) is 21.8. The van der Waals surface area contributed by atoms with Crippen molar-refractivity contribution in [3.8, 4) is 0 Å². The largest absolute Gasteiger partial charge is 0.443 e. The molecule has 0 bridgehead atoms. The third-order valence-electron chi connectivity index (χ3n) is 12.7. The van der Waals surface area contributed by atoms with Crippen molar-refractivity contribution in [2.45, 2.75) is 130 Å². The number of amides is 1. The number of fused-ring (bicyclic) bond motifs is 6. The van der Waals surface area contributed by atoms with Crippen molar-refractivity contribution in [1.29, 1.82) is 0 Å². The van der Waals surface area contributed by atoms with Gasteiger partial charge in [-0.3, -0.25) is 4.90 Å². The zero-order valence-corrected chi connectivity index (χ0v) is 40.7. The van der Waals surface area contributed by atoms with E-state index in [-0.39, 0.29) is 16.9 Å². The molecule has 0 atom stereocenters. The summed E-state index contributed by atoms with van der Waals surface area (Å²) in [4.78, 5) is 18.2. The molecule has 0 unspecified atom stereocenters. The SMILES string of the molecule is CCCCCN1/C(=C/C=C2\CCC(/C=C/C3=[N+](CCCCC)c4ccc5cc(Br)ccc5c4C3(C)C)=C2N(C)C(=O)OC(C)(C)C)C(C)(C)c2c1ccc1cc(Br)ccc21. The highest BCUT2D eigenvalue weighted by Crippen LogP contribution is 2.52. The topological polar surface area (TPSA) is 35.8 Å². The monoisotopic (exact) mass is 932 g/mol. The summed E-state index contributed by atoms with van der Waals surface area (Å²) in [6.07, 6.45) is 17.6. The molecular weight excluding hydrogens is 870 g/mol. The molecule has 0 saturated heterocycles. The molecule has 1 aliphatic carbocycles. The van der Waals surface area contributed by atoms with Crippen LogP contribution in [-0.2, 0) is 15.6 Å². The number of carbonyl (C=O) groups excluding carboxylic acids is 1. The average Bonchev–Trinajstić information content (AvgIpc) is 3.76. The van der Waals surface area contributed by atoms with E-state index in [9.17, 15) is 4.79 Å². The van der Waals surface area contributed by atoms with Gasteiger partial charge in [-0.25, -0.2) is 4.79 Å². The number of nitrogens with zero attached hydrogens (tertiary/aromatic N) is 3. The van der Waals surface area contributed by atoms with Crippen LogP contribution < -0.4 is 4.90 Å². The molecule has 60 heavy (non-hydrogen) atoms. The number of carbonyl (C=O) groups is 1. The lowest BCUT2D eigenvalue weighted by Gasteiger charge is -2.28. The molecule has 2 heterocycles. The van der Waals surface area contributed by atoms with Crippen LogP contribution in [0.15, 0.2) is 116 Å². The van der Waals surface area contributed by atoms with Gasteiger partial charge in [0, 0.05) is 63.5 Å². The van der Waals surface area contributed by atoms with Crippen molar-refractivity contribution in [2.75, 3.05) is 25.0 Å². The van der Waals surface area contributed by atoms with Gasteiger partial charge in [0.2, 0.25) is 5.69 Å². The highest BCUT2D eigenvalue weighted by molar-refractivity contribution is 9.10. The summed E-state index contributed by atoms with van der Waals surface area (Å²) in [5.41, 5.74) is 10.1. The van der Waals surface area contributed by atoms with Crippen molar-refractivity contribution >= 4 is 76.6 Å². The minimum Gasteiger partial charge on any atom is -0.443 e. The fourth-order valence-electron chi connectivity index (χ4n) is 9.90. The third-order valence-corrected chi connectivity index (χ3v) is 13.7. The predicted molar refractivity (Wildman–Crippen MR) is 261 cm³/mol. The highest BCUT2D eigenvalue weighted by Gasteiger charge is 2.46. The first-order valence-electron chi connectivity index (χ1n) is 22.2. The van der Waals surface area contributed by atoms with Crippen LogP contribution >= 0.6 is 31.9 Å². The van der Waals surface area contributed by atoms with Gasteiger partial charge in [-0.05, 0) is 141 Å². The van der Waals surface area contributed by atoms with E-state index in [1.165, 1.54) is 81.1 Å². The van der Waals surface area contributed by atoms with Gasteiger partial charge in [0.1, 0.15) is 12.1 Å². The molecule has 316 valence electrons. The normalized spacial score (nSPS) is 18.6. The Hall–Kier alpha value is -3.94. The van der Waals surface area contributed by atoms with Crippen molar-refractivity contribution in [3.05, 3.63) is 128 Å². The van der Waals surface area contributed by atoms with Crippen LogP contribution in [0.4, 0.5) is 16.2 Å². The van der Waals surface area contributed by atoms with E-state index in [1.54, 1.807) is 4.90 Å². The van der Waals surface area contributed by atoms with Crippen LogP contribution in [0, 0.1) is 0 Å². The molecule has 0 saturated carbocycles. The minimum absolute atomic E-state index is 0.227. The fraction of sp³-hybridized carbons (Fsp3) is 0.434. The number of ether oxygens (including phenoxy) is 1. The lowest BCUT2D eigenvalue weighted by molar-refractivity contribution is -0.438. The van der Waals surface area contributed by atoms with Crippen molar-refractivity contribution in [1.82, 2.24) is 4.90 Å². The quantitative estimate of drug-likeness (QED) is 0.105. The highest BCUT2D eigenvalue weighted by atomic mass is 79.9. The molecule has 3 aliphatic rings. The Bertz CT molecular complexity index is 2490. The van der Waals surface area contributed by atoms with E-state index in [1.807, 2.05) is 27.8 Å². The second-order valence-electron chi connectivity index (χ2n) is 19.0. The molecule has 5 nitrogen and oxygen atoms in total. The van der Waals surface area contributed by atoms with Crippen LogP contribution in [0.5, 0.6) is 0 Å². The lowest BCUT2D eigenvalue weighted by atomic mass is 9.79. The van der Waals surface area contributed by atoms with Gasteiger partial charge < -0.3 is 9.64 Å². The summed E-state index contributed by atoms with van der Waals surface area (Å²) < 4.78 is 10.8. The number of hydrogen-bond donors (Lipinski definition) is 0. The van der Waals surface area contributed by atoms with Gasteiger partial charge in [0.25, 0.3) is 0 Å². The molecule has 1 amide bonds. The summed E-state index contributed by atoms with van der Waals surface area (Å²) in [5.74, 6) is 0. The molecule has 0 fully saturated rings. The van der Waals surface area contributed by atoms with Crippen molar-refractivity contribution in [2.24, 2.45) is 0 Å². The van der Waals surface area contributed by atoms with E-state index >= 15 is 0 Å². The maximum absolute atomic E-state index is 13.9. The Balaban J connectivity index is 1.34. The van der Waals surface area contributed by atoms with Crippen LogP contribution in [0.3, 0.4) is 0 Å². The predicted octanol–water partition coefficient (Wildman–Crippen LogP) is 15.4. The van der Waals surface area contributed by atoms with Crippen LogP contribution in [0.25, 0.3) is 21.5 Å². The molecule has 0 spiro atoms. The average molecular weight is 935 g/mol. The fourth-order valence-corrected chi connectivity index (χ4v) is 10.7. The van der Waals surface area contributed by atoms with Gasteiger partial charge in [0.15, 0.2) is 5.71 Å². The summed E-state index contributed by atoms with van der Waals surface area (Å²) in [6, 6.07) is 22.5. The summed E-state index contributed by atoms with van der Waals surface area (Å²) in [7, 11) is 1.88. The number of hydrogen-bond acceptors (Lipinski definition) is 3. The molecule has 0 radical (unpaired) electrons. The molecule has 4 aromatic carbocycles. The first-order valence-corrected chi connectivity index (χ1v) is 23.7. The van der Waals surface area contributed by atoms with Gasteiger partial charge >= 0.3 is 6.09 Å². The molecule has 0 aromatic heterocycles. The van der Waals surface area contributed by atoms with Gasteiger partial charge in [0.05, 0.1) is 11.1 Å². The molecule has 2 aliphatic heterocycles. The Morgan fingerprint density at radius 2 is 1.43 bits per heavy atom. The van der Waals surface area contributed by atoms with Gasteiger partial charge in [-0.1, -0.05) is 109 Å². The van der Waals surface area contributed by atoms with Gasteiger partial charge in [-0.15, -0.1) is 0 Å². The summed E-state index contributed by atoms with van der Waals surface area (Å²) >= 11 is 7.41. The lowest BCUT2D eigenvalue weighted by Crippen LogP contribution is -2.34. The van der Waals surface area contributed by atoms with E-state index in [0.29, 0.717) is 0 Å². The number of allylic oxidation sites excluding steroid dienone is 7. The smallest absolute Gasteiger partial charge is 0.414 e. The third kappa shape index (κ3) is 8.47. The van der Waals surface area contributed by atoms with Crippen LogP contribution in [0.2, 0.25) is 0 Å². The zero-order valence-electron chi connectivity index (χ0n) is 37.6.